The number of alkyl halides is 1. The Morgan fingerprint density at radius 2 is 2.12 bits per heavy atom. The molecular formula is C24H23BrFN3O3. The van der Waals surface area contributed by atoms with Gasteiger partial charge in [0.25, 0.3) is 0 Å². The molecule has 1 aliphatic heterocycles. The first-order chi connectivity index (χ1) is 15.3. The topological polar surface area (TPSA) is 84.7 Å². The Morgan fingerprint density at radius 1 is 1.31 bits per heavy atom. The molecular weight excluding hydrogens is 477 g/mol. The molecule has 2 aromatic rings. The number of cyclic esters (lactones) is 1. The van der Waals surface area contributed by atoms with E-state index in [1.807, 2.05) is 42.5 Å². The number of nitrogen functional groups attached to an aromatic ring is 1. The van der Waals surface area contributed by atoms with Gasteiger partial charge in [-0.3, -0.25) is 9.69 Å². The normalized spacial score (nSPS) is 24.5. The third-order valence-electron chi connectivity index (χ3n) is 5.62. The summed E-state index contributed by atoms with van der Waals surface area (Å²) in [6, 6.07) is 12.2. The standard InChI is InChI=1S/C24H23BrFN3O3/c1-15(30)28-13-19-14-29(23(31)32-19)18-8-9-20(22(26)12-18)21-7-2-3-10-24(21,25)16-5-4-6-17(27)11-16/h2-12,19,21H,13-14,27H2,1H3,(H,28,30)/t19-,21?,24?/m0/s1. The largest absolute Gasteiger partial charge is 0.442 e. The molecule has 2 unspecified atom stereocenters. The van der Waals surface area contributed by atoms with Gasteiger partial charge in [0, 0.05) is 18.5 Å². The fourth-order valence-corrected chi connectivity index (χ4v) is 4.83. The zero-order chi connectivity index (χ0) is 22.9. The second kappa shape index (κ2) is 8.78. The predicted molar refractivity (Wildman–Crippen MR) is 125 cm³/mol. The van der Waals surface area contributed by atoms with E-state index >= 15 is 4.39 Å². The molecule has 0 bridgehead atoms. The highest BCUT2D eigenvalue weighted by Crippen LogP contribution is 2.49. The van der Waals surface area contributed by atoms with Gasteiger partial charge in [-0.1, -0.05) is 58.4 Å². The van der Waals surface area contributed by atoms with Crippen molar-refractivity contribution < 1.29 is 18.7 Å². The molecule has 2 amide bonds. The second-order valence-corrected chi connectivity index (χ2v) is 9.19. The van der Waals surface area contributed by atoms with Crippen molar-refractivity contribution in [2.75, 3.05) is 23.7 Å². The number of hydrogen-bond donors (Lipinski definition) is 2. The van der Waals surface area contributed by atoms with Gasteiger partial charge in [0.15, 0.2) is 0 Å². The van der Waals surface area contributed by atoms with E-state index < -0.39 is 22.3 Å². The van der Waals surface area contributed by atoms with Crippen LogP contribution in [-0.4, -0.2) is 31.2 Å². The van der Waals surface area contributed by atoms with Crippen LogP contribution in [0, 0.1) is 5.82 Å². The van der Waals surface area contributed by atoms with Gasteiger partial charge in [0.05, 0.1) is 23.1 Å². The van der Waals surface area contributed by atoms with Crippen LogP contribution in [0.2, 0.25) is 0 Å². The van der Waals surface area contributed by atoms with Crippen LogP contribution in [0.5, 0.6) is 0 Å². The number of anilines is 2. The number of amides is 2. The van der Waals surface area contributed by atoms with E-state index in [9.17, 15) is 9.59 Å². The number of allylic oxidation sites excluding steroid dienone is 4. The summed E-state index contributed by atoms with van der Waals surface area (Å²) < 4.78 is 20.0. The van der Waals surface area contributed by atoms with Crippen molar-refractivity contribution >= 4 is 39.3 Å². The number of nitrogens with one attached hydrogen (secondary N) is 1. The molecule has 1 heterocycles. The Balaban J connectivity index is 1.60. The van der Waals surface area contributed by atoms with E-state index in [4.69, 9.17) is 10.5 Å². The number of nitrogens with zero attached hydrogens (tertiary/aromatic N) is 1. The van der Waals surface area contributed by atoms with Gasteiger partial charge >= 0.3 is 6.09 Å². The van der Waals surface area contributed by atoms with Gasteiger partial charge in [-0.05, 0) is 35.4 Å². The molecule has 0 aromatic heterocycles. The molecule has 0 saturated carbocycles. The lowest BCUT2D eigenvalue weighted by Gasteiger charge is -2.35. The molecule has 0 radical (unpaired) electrons. The molecule has 4 rings (SSSR count). The van der Waals surface area contributed by atoms with Crippen LogP contribution in [0.25, 0.3) is 0 Å². The molecule has 1 aliphatic carbocycles. The van der Waals surface area contributed by atoms with E-state index in [0.717, 1.165) is 5.56 Å². The van der Waals surface area contributed by atoms with Crippen LogP contribution in [0.15, 0.2) is 66.8 Å². The third kappa shape index (κ3) is 4.27. The predicted octanol–water partition coefficient (Wildman–Crippen LogP) is 4.37. The van der Waals surface area contributed by atoms with Gasteiger partial charge < -0.3 is 15.8 Å². The van der Waals surface area contributed by atoms with Gasteiger partial charge in [0.1, 0.15) is 11.9 Å². The first kappa shape index (κ1) is 22.1. The van der Waals surface area contributed by atoms with Crippen molar-refractivity contribution in [3.63, 3.8) is 0 Å². The summed E-state index contributed by atoms with van der Waals surface area (Å²) in [5.41, 5.74) is 8.40. The summed E-state index contributed by atoms with van der Waals surface area (Å²) in [5.74, 6) is -0.970. The average Bonchev–Trinajstić information content (AvgIpc) is 3.13. The number of benzene rings is 2. The SMILES string of the molecule is CC(=O)NC[C@H]1CN(c2ccc(C3C=CC=CC3(Br)c3cccc(N)c3)c(F)c2)C(=O)O1. The minimum Gasteiger partial charge on any atom is -0.442 e. The van der Waals surface area contributed by atoms with E-state index in [2.05, 4.69) is 21.2 Å². The average molecular weight is 500 g/mol. The zero-order valence-corrected chi connectivity index (χ0v) is 19.0. The van der Waals surface area contributed by atoms with Crippen molar-refractivity contribution in [3.05, 3.63) is 83.7 Å². The number of ether oxygens (including phenoxy) is 1. The number of carbonyl (C=O) groups is 2. The molecule has 8 heteroatoms. The zero-order valence-electron chi connectivity index (χ0n) is 17.4. The van der Waals surface area contributed by atoms with E-state index in [1.54, 1.807) is 18.2 Å². The number of halogens is 2. The monoisotopic (exact) mass is 499 g/mol. The van der Waals surface area contributed by atoms with Crippen LogP contribution >= 0.6 is 15.9 Å². The molecule has 32 heavy (non-hydrogen) atoms. The molecule has 2 aromatic carbocycles. The quantitative estimate of drug-likeness (QED) is 0.472. The van der Waals surface area contributed by atoms with Crippen molar-refractivity contribution in [2.45, 2.75) is 23.3 Å². The van der Waals surface area contributed by atoms with E-state index in [-0.39, 0.29) is 24.9 Å². The Labute approximate surface area is 194 Å². The maximum Gasteiger partial charge on any atom is 0.414 e. The lowest BCUT2D eigenvalue weighted by Crippen LogP contribution is -2.33. The van der Waals surface area contributed by atoms with Crippen LogP contribution in [-0.2, 0) is 13.9 Å². The maximum absolute atomic E-state index is 15.4. The highest BCUT2D eigenvalue weighted by atomic mass is 79.9. The van der Waals surface area contributed by atoms with E-state index in [0.29, 0.717) is 16.9 Å². The molecule has 2 aliphatic rings. The number of hydrogen-bond acceptors (Lipinski definition) is 4. The minimum absolute atomic E-state index is 0.206. The summed E-state index contributed by atoms with van der Waals surface area (Å²) in [7, 11) is 0. The number of rotatable bonds is 5. The summed E-state index contributed by atoms with van der Waals surface area (Å²) in [5, 5.41) is 2.63. The second-order valence-electron chi connectivity index (χ2n) is 7.87. The Kier molecular flexibility index (Phi) is 6.06. The Morgan fingerprint density at radius 3 is 2.84 bits per heavy atom. The van der Waals surface area contributed by atoms with Crippen LogP contribution < -0.4 is 16.0 Å². The number of carbonyl (C=O) groups excluding carboxylic acids is 2. The van der Waals surface area contributed by atoms with Crippen LogP contribution in [0.3, 0.4) is 0 Å². The number of nitrogens with two attached hydrogens (primary N) is 1. The fourth-order valence-electron chi connectivity index (χ4n) is 4.03. The smallest absolute Gasteiger partial charge is 0.414 e. The van der Waals surface area contributed by atoms with Gasteiger partial charge in [0.2, 0.25) is 5.91 Å². The molecule has 6 nitrogen and oxygen atoms in total. The maximum atomic E-state index is 15.4. The highest BCUT2D eigenvalue weighted by Gasteiger charge is 2.39. The first-order valence-electron chi connectivity index (χ1n) is 10.2. The van der Waals surface area contributed by atoms with Crippen molar-refractivity contribution in [1.82, 2.24) is 5.32 Å². The molecule has 166 valence electrons. The van der Waals surface area contributed by atoms with Gasteiger partial charge in [-0.2, -0.15) is 0 Å². The minimum atomic E-state index is -0.671. The summed E-state index contributed by atoms with van der Waals surface area (Å²) in [6.07, 6.45) is 6.65. The first-order valence-corrected chi connectivity index (χ1v) is 11.0. The molecule has 3 atom stereocenters. The Hall–Kier alpha value is -3.13. The van der Waals surface area contributed by atoms with Crippen LogP contribution in [0.4, 0.5) is 20.6 Å². The van der Waals surface area contributed by atoms with Gasteiger partial charge in [-0.15, -0.1) is 0 Å². The van der Waals surface area contributed by atoms with E-state index in [1.165, 1.54) is 17.9 Å². The molecule has 3 N–H and O–H groups in total. The highest BCUT2D eigenvalue weighted by molar-refractivity contribution is 9.09. The van der Waals surface area contributed by atoms with Crippen molar-refractivity contribution in [1.29, 1.82) is 0 Å². The lowest BCUT2D eigenvalue weighted by atomic mass is 9.78. The fraction of sp³-hybridized carbons (Fsp3) is 0.250. The molecule has 1 saturated heterocycles. The van der Waals surface area contributed by atoms with Crippen molar-refractivity contribution in [2.24, 2.45) is 0 Å². The summed E-state index contributed by atoms with van der Waals surface area (Å²) in [6.45, 7) is 1.84. The van der Waals surface area contributed by atoms with Crippen molar-refractivity contribution in [3.8, 4) is 0 Å². The lowest BCUT2D eigenvalue weighted by molar-refractivity contribution is -0.119. The summed E-state index contributed by atoms with van der Waals surface area (Å²) >= 11 is 3.83. The molecule has 0 spiro atoms. The molecule has 1 fully saturated rings. The van der Waals surface area contributed by atoms with Crippen LogP contribution in [0.1, 0.15) is 24.0 Å². The third-order valence-corrected chi connectivity index (χ3v) is 6.83. The van der Waals surface area contributed by atoms with Gasteiger partial charge in [-0.25, -0.2) is 9.18 Å². The summed E-state index contributed by atoms with van der Waals surface area (Å²) in [4.78, 5) is 24.8. The Bertz CT molecular complexity index is 1120.